The zero-order valence-corrected chi connectivity index (χ0v) is 17.9. The number of furan rings is 1. The maximum absolute atomic E-state index is 13.2. The van der Waals surface area contributed by atoms with Crippen LogP contribution in [-0.2, 0) is 9.59 Å². The number of rotatable bonds is 6. The van der Waals surface area contributed by atoms with E-state index in [9.17, 15) is 14.7 Å². The number of fused-ring (bicyclic) bond motifs is 1. The number of para-hydroxylation sites is 1. The number of ketones is 1. The van der Waals surface area contributed by atoms with Gasteiger partial charge >= 0.3 is 0 Å². The minimum Gasteiger partial charge on any atom is -0.507 e. The zero-order chi connectivity index (χ0) is 22.9. The smallest absolute Gasteiger partial charge is 0.300 e. The number of aliphatic hydroxyl groups excluding tert-OH is 1. The number of aromatic nitrogens is 1. The molecule has 7 heteroatoms. The number of amides is 1. The molecule has 5 rings (SSSR count). The molecule has 0 aliphatic carbocycles. The van der Waals surface area contributed by atoms with Crippen LogP contribution in [0.25, 0.3) is 16.7 Å². The molecule has 0 bridgehead atoms. The van der Waals surface area contributed by atoms with E-state index in [1.165, 1.54) is 11.2 Å². The molecule has 1 saturated heterocycles. The molecule has 7 nitrogen and oxygen atoms in total. The van der Waals surface area contributed by atoms with Gasteiger partial charge in [-0.1, -0.05) is 31.2 Å². The summed E-state index contributed by atoms with van der Waals surface area (Å²) in [6, 6.07) is 16.9. The first-order chi connectivity index (χ1) is 16.1. The average molecular weight is 442 g/mol. The summed E-state index contributed by atoms with van der Waals surface area (Å²) in [6.45, 7) is 2.54. The van der Waals surface area contributed by atoms with Gasteiger partial charge in [0.2, 0.25) is 0 Å². The molecule has 1 aliphatic heterocycles. The molecule has 3 heterocycles. The number of Topliss-reactive ketones (excluding diaryl/α,β-unsaturated/α-hetero) is 1. The van der Waals surface area contributed by atoms with Gasteiger partial charge in [0.25, 0.3) is 11.7 Å². The lowest BCUT2D eigenvalue weighted by molar-refractivity contribution is -0.132. The van der Waals surface area contributed by atoms with Crippen LogP contribution in [0.2, 0.25) is 0 Å². The second-order valence-electron chi connectivity index (χ2n) is 7.78. The Labute approximate surface area is 189 Å². The van der Waals surface area contributed by atoms with Gasteiger partial charge in [0.05, 0.1) is 18.4 Å². The van der Waals surface area contributed by atoms with Crippen molar-refractivity contribution in [1.29, 1.82) is 0 Å². The normalized spacial score (nSPS) is 17.7. The van der Waals surface area contributed by atoms with Crippen molar-refractivity contribution < 1.29 is 23.8 Å². The van der Waals surface area contributed by atoms with Crippen LogP contribution in [0.3, 0.4) is 0 Å². The van der Waals surface area contributed by atoms with Gasteiger partial charge in [-0.15, -0.1) is 0 Å². The van der Waals surface area contributed by atoms with E-state index < -0.39 is 17.7 Å². The Balaban J connectivity index is 1.67. The Morgan fingerprint density at radius 3 is 2.76 bits per heavy atom. The fourth-order valence-corrected chi connectivity index (χ4v) is 4.17. The van der Waals surface area contributed by atoms with Gasteiger partial charge in [-0.05, 0) is 36.8 Å². The fraction of sp³-hybridized carbons (Fsp3) is 0.154. The Morgan fingerprint density at radius 1 is 1.12 bits per heavy atom. The lowest BCUT2D eigenvalue weighted by Gasteiger charge is -2.23. The molecular formula is C26H22N2O5. The van der Waals surface area contributed by atoms with Crippen molar-refractivity contribution in [3.05, 3.63) is 90.0 Å². The highest BCUT2D eigenvalue weighted by Gasteiger charge is 2.48. The number of H-pyrrole nitrogens is 1. The number of benzene rings is 2. The standard InChI is InChI=1S/C26H22N2O5/c1-2-12-32-17-8-5-7-16(14-17)28-23(21-11-6-13-33-21)22(25(30)26(28)31)24(29)19-15-27-20-10-4-3-9-18(19)20/h3-11,13-15,23,27,29H,2,12H2,1H3/b24-22-. The van der Waals surface area contributed by atoms with E-state index in [0.29, 0.717) is 29.4 Å². The summed E-state index contributed by atoms with van der Waals surface area (Å²) in [5.41, 5.74) is 1.70. The number of aliphatic hydroxyl groups is 1. The van der Waals surface area contributed by atoms with Crippen molar-refractivity contribution in [1.82, 2.24) is 4.98 Å². The predicted molar refractivity (Wildman–Crippen MR) is 124 cm³/mol. The second kappa shape index (κ2) is 8.35. The maximum atomic E-state index is 13.2. The summed E-state index contributed by atoms with van der Waals surface area (Å²) in [4.78, 5) is 30.9. The Morgan fingerprint density at radius 2 is 1.97 bits per heavy atom. The lowest BCUT2D eigenvalue weighted by atomic mass is 9.99. The van der Waals surface area contributed by atoms with Crippen LogP contribution in [0, 0.1) is 0 Å². The van der Waals surface area contributed by atoms with Gasteiger partial charge < -0.3 is 19.2 Å². The SMILES string of the molecule is CCCOc1cccc(N2C(=O)C(=O)/C(=C(\O)c3c[nH]c4ccccc34)C2c2ccco2)c1. The van der Waals surface area contributed by atoms with Gasteiger partial charge in [-0.3, -0.25) is 14.5 Å². The van der Waals surface area contributed by atoms with Crippen LogP contribution < -0.4 is 9.64 Å². The molecule has 0 saturated carbocycles. The van der Waals surface area contributed by atoms with Crippen molar-refractivity contribution in [3.63, 3.8) is 0 Å². The molecule has 1 aliphatic rings. The number of carbonyl (C=O) groups is 2. The first kappa shape index (κ1) is 20.6. The van der Waals surface area contributed by atoms with Crippen LogP contribution in [0.4, 0.5) is 5.69 Å². The highest BCUT2D eigenvalue weighted by Crippen LogP contribution is 2.43. The van der Waals surface area contributed by atoms with E-state index in [1.807, 2.05) is 31.2 Å². The number of ether oxygens (including phenoxy) is 1. The average Bonchev–Trinajstić information content (AvgIpc) is 3.56. The molecular weight excluding hydrogens is 420 g/mol. The van der Waals surface area contributed by atoms with Gasteiger partial charge in [-0.25, -0.2) is 0 Å². The van der Waals surface area contributed by atoms with Crippen molar-refractivity contribution in [2.24, 2.45) is 0 Å². The Kier molecular flexibility index (Phi) is 5.22. The summed E-state index contributed by atoms with van der Waals surface area (Å²) < 4.78 is 11.3. The fourth-order valence-electron chi connectivity index (χ4n) is 4.17. The lowest BCUT2D eigenvalue weighted by Crippen LogP contribution is -2.29. The number of hydrogen-bond acceptors (Lipinski definition) is 5. The minimum absolute atomic E-state index is 0.0282. The maximum Gasteiger partial charge on any atom is 0.300 e. The number of hydrogen-bond donors (Lipinski definition) is 2. The summed E-state index contributed by atoms with van der Waals surface area (Å²) in [6.07, 6.45) is 3.94. The molecule has 2 N–H and O–H groups in total. The van der Waals surface area contributed by atoms with E-state index in [2.05, 4.69) is 4.98 Å². The summed E-state index contributed by atoms with van der Waals surface area (Å²) in [5, 5.41) is 12.0. The molecule has 2 aromatic heterocycles. The highest BCUT2D eigenvalue weighted by molar-refractivity contribution is 6.51. The topological polar surface area (TPSA) is 95.8 Å². The van der Waals surface area contributed by atoms with Crippen LogP contribution in [0.1, 0.15) is 30.7 Å². The van der Waals surface area contributed by atoms with Crippen molar-refractivity contribution in [3.8, 4) is 5.75 Å². The van der Waals surface area contributed by atoms with Crippen LogP contribution in [-0.4, -0.2) is 28.4 Å². The molecule has 1 unspecified atom stereocenters. The van der Waals surface area contributed by atoms with Crippen molar-refractivity contribution in [2.75, 3.05) is 11.5 Å². The summed E-state index contributed by atoms with van der Waals surface area (Å²) in [7, 11) is 0. The zero-order valence-electron chi connectivity index (χ0n) is 17.9. The molecule has 4 aromatic rings. The van der Waals surface area contributed by atoms with E-state index in [4.69, 9.17) is 9.15 Å². The Hall–Kier alpha value is -4.26. The quantitative estimate of drug-likeness (QED) is 0.244. The van der Waals surface area contributed by atoms with Crippen molar-refractivity contribution >= 4 is 34.0 Å². The van der Waals surface area contributed by atoms with Gasteiger partial charge in [0.15, 0.2) is 0 Å². The molecule has 2 aromatic carbocycles. The van der Waals surface area contributed by atoms with Crippen LogP contribution in [0.15, 0.2) is 83.1 Å². The molecule has 1 atom stereocenters. The number of aromatic amines is 1. The number of anilines is 1. The first-order valence-electron chi connectivity index (χ1n) is 10.7. The largest absolute Gasteiger partial charge is 0.507 e. The molecule has 33 heavy (non-hydrogen) atoms. The molecule has 1 fully saturated rings. The molecule has 0 spiro atoms. The van der Waals surface area contributed by atoms with Gasteiger partial charge in [0, 0.05) is 34.4 Å². The summed E-state index contributed by atoms with van der Waals surface area (Å²) >= 11 is 0. The molecule has 1 amide bonds. The van der Waals surface area contributed by atoms with E-state index in [0.717, 1.165) is 17.3 Å². The molecule has 0 radical (unpaired) electrons. The minimum atomic E-state index is -0.921. The van der Waals surface area contributed by atoms with E-state index >= 15 is 0 Å². The van der Waals surface area contributed by atoms with E-state index in [-0.39, 0.29) is 11.3 Å². The third-order valence-electron chi connectivity index (χ3n) is 5.67. The number of nitrogens with one attached hydrogen (secondary N) is 1. The third-order valence-corrected chi connectivity index (χ3v) is 5.67. The third kappa shape index (κ3) is 3.47. The van der Waals surface area contributed by atoms with Gasteiger partial charge in [-0.2, -0.15) is 0 Å². The van der Waals surface area contributed by atoms with Crippen LogP contribution in [0.5, 0.6) is 5.75 Å². The first-order valence-corrected chi connectivity index (χ1v) is 10.7. The predicted octanol–water partition coefficient (Wildman–Crippen LogP) is 5.18. The van der Waals surface area contributed by atoms with E-state index in [1.54, 1.807) is 42.6 Å². The molecule has 166 valence electrons. The van der Waals surface area contributed by atoms with Crippen LogP contribution >= 0.6 is 0 Å². The monoisotopic (exact) mass is 442 g/mol. The van der Waals surface area contributed by atoms with Crippen molar-refractivity contribution in [2.45, 2.75) is 19.4 Å². The second-order valence-corrected chi connectivity index (χ2v) is 7.78. The summed E-state index contributed by atoms with van der Waals surface area (Å²) in [5.74, 6) is -0.820. The number of carbonyl (C=O) groups excluding carboxylic acids is 2. The Bertz CT molecular complexity index is 1370. The number of nitrogens with zero attached hydrogens (tertiary/aromatic N) is 1. The highest BCUT2D eigenvalue weighted by atomic mass is 16.5. The van der Waals surface area contributed by atoms with Gasteiger partial charge in [0.1, 0.15) is 23.3 Å².